The Bertz CT molecular complexity index is 3450. The van der Waals surface area contributed by atoms with Crippen molar-refractivity contribution in [3.05, 3.63) is 268 Å². The van der Waals surface area contributed by atoms with Gasteiger partial charge in [-0.25, -0.2) is 0 Å². The molecule has 14 rings (SSSR count). The molecule has 10 aromatic carbocycles. The Morgan fingerprint density at radius 3 is 1.30 bits per heavy atom. The van der Waals surface area contributed by atoms with Gasteiger partial charge in [0.25, 0.3) is 0 Å². The largest absolute Gasteiger partial charge is 0.310 e. The monoisotopic (exact) mass is 799 g/mol. The first kappa shape index (κ1) is 34.9. The second-order valence-electron chi connectivity index (χ2n) is 18.1. The Hall–Kier alpha value is -7.74. The summed E-state index contributed by atoms with van der Waals surface area (Å²) in [4.78, 5) is 2.42. The molecule has 0 saturated heterocycles. The quantitative estimate of drug-likeness (QED) is 0.171. The number of rotatable bonds is 4. The molecule has 0 aromatic heterocycles. The highest BCUT2D eigenvalue weighted by Crippen LogP contribution is 2.72. The number of anilines is 3. The van der Waals surface area contributed by atoms with Crippen LogP contribution in [0, 0.1) is 13.8 Å². The molecule has 4 aliphatic carbocycles. The van der Waals surface area contributed by atoms with Crippen molar-refractivity contribution in [3.63, 3.8) is 0 Å². The number of fused-ring (bicyclic) bond motifs is 15. The minimum absolute atomic E-state index is 0.405. The highest BCUT2D eigenvalue weighted by Gasteiger charge is 2.61. The van der Waals surface area contributed by atoms with E-state index in [2.05, 4.69) is 231 Å². The molecular weight excluding hydrogens is 759 g/mol. The number of para-hydroxylation sites is 2. The fraction of sp³-hybridized carbons (Fsp3) is 0.0645. The van der Waals surface area contributed by atoms with Gasteiger partial charge in [0.2, 0.25) is 0 Å². The Balaban J connectivity index is 1.11. The van der Waals surface area contributed by atoms with E-state index in [1.165, 1.54) is 111 Å². The van der Waals surface area contributed by atoms with Crippen LogP contribution >= 0.6 is 0 Å². The topological polar surface area (TPSA) is 3.24 Å². The minimum Gasteiger partial charge on any atom is -0.310 e. The van der Waals surface area contributed by atoms with Crippen molar-refractivity contribution in [1.82, 2.24) is 0 Å². The van der Waals surface area contributed by atoms with Crippen molar-refractivity contribution < 1.29 is 0 Å². The molecule has 1 nitrogen and oxygen atoms in total. The van der Waals surface area contributed by atoms with E-state index >= 15 is 0 Å². The molecule has 0 heterocycles. The van der Waals surface area contributed by atoms with E-state index in [-0.39, 0.29) is 0 Å². The summed E-state index contributed by atoms with van der Waals surface area (Å²) in [7, 11) is 0. The van der Waals surface area contributed by atoms with E-state index in [1.807, 2.05) is 0 Å². The molecule has 1 heteroatoms. The molecule has 294 valence electrons. The van der Waals surface area contributed by atoms with Gasteiger partial charge in [0.15, 0.2) is 0 Å². The van der Waals surface area contributed by atoms with E-state index in [1.54, 1.807) is 0 Å². The molecule has 0 N–H and O–H groups in total. The van der Waals surface area contributed by atoms with Gasteiger partial charge in [0.1, 0.15) is 0 Å². The van der Waals surface area contributed by atoms with Gasteiger partial charge >= 0.3 is 0 Å². The van der Waals surface area contributed by atoms with E-state index < -0.39 is 10.8 Å². The van der Waals surface area contributed by atoms with Gasteiger partial charge < -0.3 is 4.90 Å². The molecular formula is C62H41N. The maximum absolute atomic E-state index is 2.55. The van der Waals surface area contributed by atoms with E-state index in [0.717, 1.165) is 17.1 Å². The normalized spacial score (nSPS) is 14.4. The zero-order valence-electron chi connectivity index (χ0n) is 35.2. The minimum atomic E-state index is -0.558. The van der Waals surface area contributed by atoms with Crippen LogP contribution in [-0.2, 0) is 10.8 Å². The third-order valence-corrected chi connectivity index (χ3v) is 14.9. The zero-order valence-corrected chi connectivity index (χ0v) is 35.2. The average Bonchev–Trinajstić information content (AvgIpc) is 4.00. The van der Waals surface area contributed by atoms with Crippen LogP contribution in [-0.4, -0.2) is 0 Å². The molecule has 10 aromatic rings. The lowest BCUT2D eigenvalue weighted by Crippen LogP contribution is -2.31. The van der Waals surface area contributed by atoms with Crippen LogP contribution in [0.25, 0.3) is 55.3 Å². The number of benzene rings is 10. The van der Waals surface area contributed by atoms with Gasteiger partial charge in [-0.15, -0.1) is 0 Å². The zero-order chi connectivity index (χ0) is 41.6. The highest BCUT2D eigenvalue weighted by molar-refractivity contribution is 6.05. The summed E-state index contributed by atoms with van der Waals surface area (Å²) in [5.41, 5.74) is 26.8. The van der Waals surface area contributed by atoms with Gasteiger partial charge in [-0.05, 0) is 162 Å². The summed E-state index contributed by atoms with van der Waals surface area (Å²) in [6.45, 7) is 4.64. The lowest BCUT2D eigenvalue weighted by atomic mass is 9.64. The standard InChI is InChI=1S/C62H41N/c1-38-31-55-59-57(33-38)62(58-34-39(2)32-56(60(58)59)61(55)51-23-13-11-21-47(51)48-22-12-14-24-52(48)61)53-36-43(42-26-25-40-15-9-10-16-41(40)35-42)27-29-49(53)50-30-28-46(37-54(50)62)63(44-17-5-3-6-18-44)45-19-7-4-8-20-45/h3-37H,1-2H3. The number of hydrogen-bond donors (Lipinski definition) is 0. The fourth-order valence-corrected chi connectivity index (χ4v) is 12.6. The summed E-state index contributed by atoms with van der Waals surface area (Å²) < 4.78 is 0. The van der Waals surface area contributed by atoms with Crippen molar-refractivity contribution >= 4 is 27.8 Å². The van der Waals surface area contributed by atoms with Crippen LogP contribution in [0.3, 0.4) is 0 Å². The van der Waals surface area contributed by atoms with Crippen LogP contribution in [0.5, 0.6) is 0 Å². The van der Waals surface area contributed by atoms with Gasteiger partial charge in [-0.1, -0.05) is 175 Å². The SMILES string of the molecule is Cc1cc2c3c(c1)C1(c4cc(-c5ccc6ccccc6c5)ccc4-c4ccc(N(c5ccccc5)c5ccccc5)cc41)c1cc(C)cc(c1-3)C21c2ccccc2-c2ccccc21. The Morgan fingerprint density at radius 2 is 0.714 bits per heavy atom. The third-order valence-electron chi connectivity index (χ3n) is 14.9. The maximum atomic E-state index is 2.55. The molecule has 0 radical (unpaired) electrons. The van der Waals surface area contributed by atoms with Crippen LogP contribution in [0.4, 0.5) is 17.1 Å². The summed E-state index contributed by atoms with van der Waals surface area (Å²) in [5, 5.41) is 2.52. The smallest absolute Gasteiger partial charge is 0.0726 e. The van der Waals surface area contributed by atoms with Crippen molar-refractivity contribution in [3.8, 4) is 44.5 Å². The highest BCUT2D eigenvalue weighted by atomic mass is 15.1. The maximum Gasteiger partial charge on any atom is 0.0726 e. The van der Waals surface area contributed by atoms with Gasteiger partial charge in [-0.2, -0.15) is 0 Å². The molecule has 0 saturated carbocycles. The molecule has 0 atom stereocenters. The first-order valence-electron chi connectivity index (χ1n) is 22.2. The van der Waals surface area contributed by atoms with Crippen molar-refractivity contribution in [2.24, 2.45) is 0 Å². The summed E-state index contributed by atoms with van der Waals surface area (Å²) in [6.07, 6.45) is 0. The van der Waals surface area contributed by atoms with Gasteiger partial charge in [-0.3, -0.25) is 0 Å². The summed E-state index contributed by atoms with van der Waals surface area (Å²) in [6, 6.07) is 80.5. The first-order chi connectivity index (χ1) is 31.0. The molecule has 2 spiro atoms. The lowest BCUT2D eigenvalue weighted by Gasteiger charge is -2.37. The van der Waals surface area contributed by atoms with E-state index in [4.69, 9.17) is 0 Å². The first-order valence-corrected chi connectivity index (χ1v) is 22.2. The second kappa shape index (κ2) is 12.4. The summed E-state index contributed by atoms with van der Waals surface area (Å²) in [5.74, 6) is 0. The Morgan fingerprint density at radius 1 is 0.286 bits per heavy atom. The number of hydrogen-bond acceptors (Lipinski definition) is 1. The predicted octanol–water partition coefficient (Wildman–Crippen LogP) is 15.6. The predicted molar refractivity (Wildman–Crippen MR) is 261 cm³/mol. The third kappa shape index (κ3) is 4.36. The fourth-order valence-electron chi connectivity index (χ4n) is 12.6. The van der Waals surface area contributed by atoms with Gasteiger partial charge in [0.05, 0.1) is 10.8 Å². The van der Waals surface area contributed by atoms with Crippen LogP contribution < -0.4 is 4.90 Å². The molecule has 4 aliphatic rings. The van der Waals surface area contributed by atoms with Crippen LogP contribution in [0.15, 0.2) is 212 Å². The number of nitrogens with zero attached hydrogens (tertiary/aromatic N) is 1. The lowest BCUT2D eigenvalue weighted by molar-refractivity contribution is 0.753. The second-order valence-corrected chi connectivity index (χ2v) is 18.1. The van der Waals surface area contributed by atoms with Crippen molar-refractivity contribution in [2.45, 2.75) is 24.7 Å². The van der Waals surface area contributed by atoms with Gasteiger partial charge in [0, 0.05) is 17.1 Å². The van der Waals surface area contributed by atoms with E-state index in [9.17, 15) is 0 Å². The number of aryl methyl sites for hydroxylation is 2. The molecule has 63 heavy (non-hydrogen) atoms. The molecule has 0 fully saturated rings. The molecule has 0 bridgehead atoms. The van der Waals surface area contributed by atoms with Crippen molar-refractivity contribution in [2.75, 3.05) is 4.90 Å². The van der Waals surface area contributed by atoms with E-state index in [0.29, 0.717) is 0 Å². The molecule has 0 amide bonds. The summed E-state index contributed by atoms with van der Waals surface area (Å²) >= 11 is 0. The Labute approximate surface area is 368 Å². The van der Waals surface area contributed by atoms with Crippen LogP contribution in [0.2, 0.25) is 0 Å². The van der Waals surface area contributed by atoms with Crippen molar-refractivity contribution in [1.29, 1.82) is 0 Å². The molecule has 0 aliphatic heterocycles. The average molecular weight is 800 g/mol. The Kier molecular flexibility index (Phi) is 6.89. The van der Waals surface area contributed by atoms with Crippen LogP contribution in [0.1, 0.15) is 55.6 Å². The molecule has 0 unspecified atom stereocenters.